The lowest BCUT2D eigenvalue weighted by Gasteiger charge is -2.28. The van der Waals surface area contributed by atoms with Gasteiger partial charge in [-0.15, -0.1) is 0 Å². The average Bonchev–Trinajstić information content (AvgIpc) is 3.32. The molecule has 0 N–H and O–H groups in total. The second-order valence-corrected chi connectivity index (χ2v) is 9.40. The van der Waals surface area contributed by atoms with E-state index in [9.17, 15) is 9.59 Å². The molecule has 0 bridgehead atoms. The number of hydrogen-bond donors (Lipinski definition) is 0. The lowest BCUT2D eigenvalue weighted by molar-refractivity contribution is -0.139. The van der Waals surface area contributed by atoms with Gasteiger partial charge in [0, 0.05) is 31.0 Å². The molecule has 0 saturated carbocycles. The zero-order chi connectivity index (χ0) is 23.5. The van der Waals surface area contributed by atoms with Gasteiger partial charge in [0.05, 0.1) is 18.5 Å². The number of aryl methyl sites for hydroxylation is 2. The van der Waals surface area contributed by atoms with Gasteiger partial charge >= 0.3 is 12.1 Å². The Hall–Kier alpha value is -3.03. The Morgan fingerprint density at radius 2 is 1.97 bits per heavy atom. The van der Waals surface area contributed by atoms with E-state index in [4.69, 9.17) is 9.47 Å². The third-order valence-electron chi connectivity index (χ3n) is 5.41. The van der Waals surface area contributed by atoms with E-state index >= 15 is 0 Å². The van der Waals surface area contributed by atoms with Gasteiger partial charge in [0.15, 0.2) is 0 Å². The summed E-state index contributed by atoms with van der Waals surface area (Å²) in [4.78, 5) is 28.3. The number of hydrogen-bond acceptors (Lipinski definition) is 6. The predicted octanol–water partition coefficient (Wildman–Crippen LogP) is 3.73. The molecule has 1 atom stereocenters. The van der Waals surface area contributed by atoms with Crippen LogP contribution in [0, 0.1) is 19.8 Å². The molecule has 1 aliphatic heterocycles. The number of amides is 1. The molecule has 2 heterocycles. The summed E-state index contributed by atoms with van der Waals surface area (Å²) < 4.78 is 12.3. The Morgan fingerprint density at radius 1 is 1.22 bits per heavy atom. The molecule has 1 saturated heterocycles. The number of carbonyl (C=O) groups is 2. The Bertz CT molecular complexity index is 963. The molecule has 8 heteroatoms. The van der Waals surface area contributed by atoms with Crippen molar-refractivity contribution in [2.24, 2.45) is 5.92 Å². The van der Waals surface area contributed by atoms with E-state index in [0.717, 1.165) is 29.2 Å². The zero-order valence-electron chi connectivity index (χ0n) is 19.9. The first-order chi connectivity index (χ1) is 15.1. The van der Waals surface area contributed by atoms with Crippen molar-refractivity contribution in [2.45, 2.75) is 46.6 Å². The van der Waals surface area contributed by atoms with Gasteiger partial charge in [0.2, 0.25) is 0 Å². The van der Waals surface area contributed by atoms with E-state index in [1.54, 1.807) is 4.90 Å². The highest BCUT2D eigenvalue weighted by Crippen LogP contribution is 2.25. The minimum absolute atomic E-state index is 0.139. The van der Waals surface area contributed by atoms with Crippen LogP contribution >= 0.6 is 0 Å². The number of rotatable bonds is 6. The summed E-state index contributed by atoms with van der Waals surface area (Å²) >= 11 is 0. The topological polar surface area (TPSA) is 76.9 Å². The molecule has 3 rings (SSSR count). The number of nitrogens with zero attached hydrogens (tertiary/aromatic N) is 4. The number of anilines is 1. The van der Waals surface area contributed by atoms with Gasteiger partial charge in [-0.1, -0.05) is 6.07 Å². The van der Waals surface area contributed by atoms with Gasteiger partial charge in [-0.25, -0.2) is 9.48 Å². The van der Waals surface area contributed by atoms with Crippen molar-refractivity contribution in [3.63, 3.8) is 0 Å². The molecule has 0 spiro atoms. The standard InChI is InChI=1S/C24H34N4O4/c1-17-12-18(2)28(25-17)21-9-7-8-20(13-21)27(16-22(29)31-6)15-19-10-11-26(14-19)23(30)32-24(3,4)5/h7-9,12-13,19H,10-11,14-16H2,1-6H3. The van der Waals surface area contributed by atoms with Gasteiger partial charge in [-0.3, -0.25) is 4.79 Å². The van der Waals surface area contributed by atoms with E-state index in [1.807, 2.05) is 74.5 Å². The van der Waals surface area contributed by atoms with Crippen LogP contribution in [0.2, 0.25) is 0 Å². The summed E-state index contributed by atoms with van der Waals surface area (Å²) in [6.45, 7) is 11.6. The lowest BCUT2D eigenvalue weighted by Crippen LogP contribution is -2.38. The highest BCUT2D eigenvalue weighted by molar-refractivity contribution is 5.76. The van der Waals surface area contributed by atoms with Crippen LogP contribution in [-0.4, -0.2) is 65.6 Å². The highest BCUT2D eigenvalue weighted by atomic mass is 16.6. The minimum atomic E-state index is -0.518. The van der Waals surface area contributed by atoms with E-state index < -0.39 is 5.60 Å². The quantitative estimate of drug-likeness (QED) is 0.635. The number of aromatic nitrogens is 2. The van der Waals surface area contributed by atoms with Crippen LogP contribution in [0.4, 0.5) is 10.5 Å². The van der Waals surface area contributed by atoms with Gasteiger partial charge in [-0.2, -0.15) is 5.10 Å². The molecule has 0 radical (unpaired) electrons. The number of ether oxygens (including phenoxy) is 2. The highest BCUT2D eigenvalue weighted by Gasteiger charge is 2.31. The molecule has 8 nitrogen and oxygen atoms in total. The number of carbonyl (C=O) groups excluding carboxylic acids is 2. The monoisotopic (exact) mass is 442 g/mol. The molecule has 1 aromatic carbocycles. The molecule has 174 valence electrons. The van der Waals surface area contributed by atoms with Crippen molar-refractivity contribution in [2.75, 3.05) is 38.2 Å². The summed E-state index contributed by atoms with van der Waals surface area (Å²) in [5.74, 6) is -0.0759. The fourth-order valence-electron chi connectivity index (χ4n) is 3.98. The van der Waals surface area contributed by atoms with Crippen LogP contribution in [-0.2, 0) is 14.3 Å². The van der Waals surface area contributed by atoms with Crippen molar-refractivity contribution in [1.82, 2.24) is 14.7 Å². The van der Waals surface area contributed by atoms with Crippen LogP contribution in [0.5, 0.6) is 0 Å². The largest absolute Gasteiger partial charge is 0.468 e. The molecular formula is C24H34N4O4. The SMILES string of the molecule is COC(=O)CN(CC1CCN(C(=O)OC(C)(C)C)C1)c1cccc(-n2nc(C)cc2C)c1. The van der Waals surface area contributed by atoms with E-state index in [-0.39, 0.29) is 24.5 Å². The van der Waals surface area contributed by atoms with Gasteiger partial charge in [0.1, 0.15) is 12.1 Å². The summed E-state index contributed by atoms with van der Waals surface area (Å²) in [7, 11) is 1.40. The lowest BCUT2D eigenvalue weighted by atomic mass is 10.1. The van der Waals surface area contributed by atoms with E-state index in [1.165, 1.54) is 7.11 Å². The fourth-order valence-corrected chi connectivity index (χ4v) is 3.98. The normalized spacial score (nSPS) is 16.2. The predicted molar refractivity (Wildman–Crippen MR) is 123 cm³/mol. The summed E-state index contributed by atoms with van der Waals surface area (Å²) in [6, 6.07) is 10.0. The van der Waals surface area contributed by atoms with Crippen LogP contribution in [0.3, 0.4) is 0 Å². The Balaban J connectivity index is 1.76. The van der Waals surface area contributed by atoms with Gasteiger partial charge in [-0.05, 0) is 71.2 Å². The maximum Gasteiger partial charge on any atom is 0.410 e. The molecule has 1 aliphatic rings. The smallest absolute Gasteiger partial charge is 0.410 e. The van der Waals surface area contributed by atoms with Crippen molar-refractivity contribution in [3.8, 4) is 5.69 Å². The molecule has 1 amide bonds. The molecule has 1 aromatic heterocycles. The Kier molecular flexibility index (Phi) is 7.11. The maximum atomic E-state index is 12.4. The number of esters is 1. The van der Waals surface area contributed by atoms with Crippen molar-refractivity contribution in [1.29, 1.82) is 0 Å². The van der Waals surface area contributed by atoms with Crippen LogP contribution in [0.1, 0.15) is 38.6 Å². The molecule has 0 aliphatic carbocycles. The van der Waals surface area contributed by atoms with Gasteiger partial charge < -0.3 is 19.3 Å². The number of benzene rings is 1. The minimum Gasteiger partial charge on any atom is -0.468 e. The first-order valence-corrected chi connectivity index (χ1v) is 11.0. The third kappa shape index (κ3) is 6.02. The summed E-state index contributed by atoms with van der Waals surface area (Å²) in [5.41, 5.74) is 3.33. The van der Waals surface area contributed by atoms with E-state index in [2.05, 4.69) is 5.10 Å². The number of methoxy groups -OCH3 is 1. The molecular weight excluding hydrogens is 408 g/mol. The van der Waals surface area contributed by atoms with Crippen LogP contribution < -0.4 is 4.90 Å². The molecule has 2 aromatic rings. The third-order valence-corrected chi connectivity index (χ3v) is 5.41. The first kappa shape index (κ1) is 23.6. The van der Waals surface area contributed by atoms with Crippen LogP contribution in [0.15, 0.2) is 30.3 Å². The fraction of sp³-hybridized carbons (Fsp3) is 0.542. The van der Waals surface area contributed by atoms with E-state index in [0.29, 0.717) is 19.6 Å². The second-order valence-electron chi connectivity index (χ2n) is 9.40. The molecule has 1 unspecified atom stereocenters. The second kappa shape index (κ2) is 9.63. The Labute approximate surface area is 190 Å². The first-order valence-electron chi connectivity index (χ1n) is 11.0. The summed E-state index contributed by atoms with van der Waals surface area (Å²) in [5, 5.41) is 4.57. The Morgan fingerprint density at radius 3 is 2.59 bits per heavy atom. The van der Waals surface area contributed by atoms with Crippen molar-refractivity contribution >= 4 is 17.7 Å². The van der Waals surface area contributed by atoms with Crippen molar-refractivity contribution in [3.05, 3.63) is 41.7 Å². The summed E-state index contributed by atoms with van der Waals surface area (Å²) in [6.07, 6.45) is 0.569. The van der Waals surface area contributed by atoms with Gasteiger partial charge in [0.25, 0.3) is 0 Å². The maximum absolute atomic E-state index is 12.4. The number of likely N-dealkylation sites (tertiary alicyclic amines) is 1. The zero-order valence-corrected chi connectivity index (χ0v) is 19.9. The average molecular weight is 443 g/mol. The molecule has 32 heavy (non-hydrogen) atoms. The molecule has 1 fully saturated rings. The van der Waals surface area contributed by atoms with Crippen molar-refractivity contribution < 1.29 is 19.1 Å². The van der Waals surface area contributed by atoms with Crippen LogP contribution in [0.25, 0.3) is 5.69 Å².